The van der Waals surface area contributed by atoms with Crippen molar-refractivity contribution in [2.45, 2.75) is 33.6 Å². The van der Waals surface area contributed by atoms with E-state index >= 15 is 4.39 Å². The maximum Gasteiger partial charge on any atom is 0.266 e. The molecule has 1 N–H and O–H groups in total. The monoisotopic (exact) mass is 621 g/mol. The number of anilines is 3. The first kappa shape index (κ1) is 31.8. The van der Waals surface area contributed by atoms with Crippen molar-refractivity contribution >= 4 is 28.1 Å². The lowest BCUT2D eigenvalue weighted by molar-refractivity contribution is 0.122. The van der Waals surface area contributed by atoms with Crippen LogP contribution in [0.25, 0.3) is 33.4 Å². The van der Waals surface area contributed by atoms with Crippen LogP contribution in [0.4, 0.5) is 39.1 Å². The molecule has 2 aromatic carbocycles. The van der Waals surface area contributed by atoms with Gasteiger partial charge >= 0.3 is 0 Å². The lowest BCUT2D eigenvalue weighted by Crippen LogP contribution is -2.36. The molecule has 0 atom stereocenters. The number of pyridine rings is 3. The van der Waals surface area contributed by atoms with Crippen molar-refractivity contribution in [3.63, 3.8) is 0 Å². The summed E-state index contributed by atoms with van der Waals surface area (Å²) >= 11 is 0. The lowest BCUT2D eigenvalue weighted by Gasteiger charge is -2.28. The van der Waals surface area contributed by atoms with Gasteiger partial charge in [0.15, 0.2) is 0 Å². The molecule has 1 aliphatic heterocycles. The third-order valence-corrected chi connectivity index (χ3v) is 7.18. The second-order valence-electron chi connectivity index (χ2n) is 10.5. The first-order valence-electron chi connectivity index (χ1n) is 14.6. The number of rotatable bonds is 6. The molecule has 0 aliphatic carbocycles. The van der Waals surface area contributed by atoms with Crippen molar-refractivity contribution in [2.24, 2.45) is 0 Å². The number of halogens is 5. The number of nitrogens with one attached hydrogen (secondary N) is 1. The van der Waals surface area contributed by atoms with Gasteiger partial charge in [-0.2, -0.15) is 0 Å². The van der Waals surface area contributed by atoms with Gasteiger partial charge in [-0.25, -0.2) is 31.9 Å². The van der Waals surface area contributed by atoms with E-state index < -0.39 is 29.4 Å². The normalized spacial score (nSPS) is 13.1. The predicted molar refractivity (Wildman–Crippen MR) is 166 cm³/mol. The lowest BCUT2D eigenvalue weighted by atomic mass is 10.0. The quantitative estimate of drug-likeness (QED) is 0.191. The van der Waals surface area contributed by atoms with Crippen LogP contribution in [0, 0.1) is 24.4 Å². The van der Waals surface area contributed by atoms with Crippen LogP contribution < -0.4 is 10.2 Å². The van der Waals surface area contributed by atoms with Gasteiger partial charge in [-0.15, -0.1) is 0 Å². The van der Waals surface area contributed by atoms with E-state index in [1.807, 2.05) is 4.90 Å². The largest absolute Gasteiger partial charge is 0.378 e. The van der Waals surface area contributed by atoms with Crippen LogP contribution in [0.5, 0.6) is 0 Å². The van der Waals surface area contributed by atoms with Crippen molar-refractivity contribution in [1.29, 1.82) is 0 Å². The average molecular weight is 622 g/mol. The van der Waals surface area contributed by atoms with Crippen molar-refractivity contribution in [2.75, 3.05) is 36.5 Å². The van der Waals surface area contributed by atoms with Gasteiger partial charge in [0.1, 0.15) is 23.3 Å². The van der Waals surface area contributed by atoms with Gasteiger partial charge in [-0.05, 0) is 36.8 Å². The van der Waals surface area contributed by atoms with E-state index in [0.717, 1.165) is 24.3 Å². The highest BCUT2D eigenvalue weighted by Gasteiger charge is 2.22. The van der Waals surface area contributed by atoms with Crippen molar-refractivity contribution in [1.82, 2.24) is 15.0 Å². The van der Waals surface area contributed by atoms with Gasteiger partial charge in [0.05, 0.1) is 52.4 Å². The molecule has 0 bridgehead atoms. The first-order valence-corrected chi connectivity index (χ1v) is 14.6. The number of hydrogen-bond donors (Lipinski definition) is 1. The Morgan fingerprint density at radius 2 is 1.69 bits per heavy atom. The Labute approximate surface area is 257 Å². The molecule has 45 heavy (non-hydrogen) atoms. The van der Waals surface area contributed by atoms with Crippen LogP contribution >= 0.6 is 0 Å². The number of benzene rings is 2. The van der Waals surface area contributed by atoms with E-state index in [-0.39, 0.29) is 22.2 Å². The highest BCUT2D eigenvalue weighted by molar-refractivity contribution is 5.99. The van der Waals surface area contributed by atoms with Gasteiger partial charge in [0, 0.05) is 54.8 Å². The number of alkyl halides is 2. The highest BCUT2D eigenvalue weighted by Crippen LogP contribution is 2.40. The molecule has 0 amide bonds. The zero-order valence-electron chi connectivity index (χ0n) is 25.1. The second kappa shape index (κ2) is 14.0. The van der Waals surface area contributed by atoms with E-state index in [2.05, 4.69) is 34.1 Å². The second-order valence-corrected chi connectivity index (χ2v) is 10.5. The third-order valence-electron chi connectivity index (χ3n) is 7.18. The fourth-order valence-electron chi connectivity index (χ4n) is 5.07. The number of hydrogen-bond acceptors (Lipinski definition) is 6. The Morgan fingerprint density at radius 1 is 0.933 bits per heavy atom. The van der Waals surface area contributed by atoms with Gasteiger partial charge < -0.3 is 15.0 Å². The number of morpholine rings is 1. The van der Waals surface area contributed by atoms with E-state index in [1.54, 1.807) is 37.4 Å². The standard InChI is InChI=1S/C31H24F5N5O.C3H8/c1-17-29(24-4-2-3-7-37-24)40-26-14-19(32)13-23(34)28(26)30(17)39-25-15-27(41-8-10-42-11-9-41)38-16-21(25)18-5-6-22(33)20(12-18)31(35)36;1-3-2/h2-7,12-16,31H,8-11H2,1H3,(H,38,39,40);3H2,1-2H3. The minimum Gasteiger partial charge on any atom is -0.378 e. The molecule has 0 unspecified atom stereocenters. The summed E-state index contributed by atoms with van der Waals surface area (Å²) in [6, 6.07) is 12.3. The van der Waals surface area contributed by atoms with E-state index in [0.29, 0.717) is 60.3 Å². The molecule has 234 valence electrons. The summed E-state index contributed by atoms with van der Waals surface area (Å²) in [5, 5.41) is 3.32. The zero-order valence-corrected chi connectivity index (χ0v) is 25.1. The number of aromatic nitrogens is 3. The van der Waals surface area contributed by atoms with Crippen molar-refractivity contribution in [3.8, 4) is 22.5 Å². The molecule has 1 aliphatic rings. The molecular formula is C34H32F5N5O. The fourth-order valence-corrected chi connectivity index (χ4v) is 5.07. The Balaban J connectivity index is 0.00000128. The Bertz CT molecular complexity index is 1800. The zero-order chi connectivity index (χ0) is 32.1. The Hall–Kier alpha value is -4.64. The molecule has 5 aromatic rings. The van der Waals surface area contributed by atoms with E-state index in [4.69, 9.17) is 4.74 Å². The van der Waals surface area contributed by atoms with Crippen LogP contribution in [0.15, 0.2) is 67.0 Å². The number of fused-ring (bicyclic) bond motifs is 1. The van der Waals surface area contributed by atoms with Gasteiger partial charge in [0.2, 0.25) is 0 Å². The van der Waals surface area contributed by atoms with Crippen LogP contribution in [0.2, 0.25) is 0 Å². The first-order chi connectivity index (χ1) is 21.7. The van der Waals surface area contributed by atoms with E-state index in [9.17, 15) is 17.6 Å². The molecule has 4 heterocycles. The highest BCUT2D eigenvalue weighted by atomic mass is 19.3. The van der Waals surface area contributed by atoms with Crippen LogP contribution in [0.3, 0.4) is 0 Å². The SMILES string of the molecule is CCC.Cc1c(-c2ccccn2)nc2cc(F)cc(F)c2c1Nc1cc(N2CCOCC2)ncc1-c1ccc(F)c(C(F)F)c1. The molecule has 6 rings (SSSR count). The fraction of sp³-hybridized carbons (Fsp3) is 0.265. The van der Waals surface area contributed by atoms with Crippen molar-refractivity contribution < 1.29 is 26.7 Å². The summed E-state index contributed by atoms with van der Waals surface area (Å²) in [5.74, 6) is -2.07. The minimum atomic E-state index is -3.03. The van der Waals surface area contributed by atoms with Gasteiger partial charge in [-0.3, -0.25) is 4.98 Å². The molecular weight excluding hydrogens is 589 g/mol. The van der Waals surface area contributed by atoms with Crippen LogP contribution in [0.1, 0.15) is 37.8 Å². The molecule has 0 spiro atoms. The summed E-state index contributed by atoms with van der Waals surface area (Å²) in [7, 11) is 0. The Kier molecular flexibility index (Phi) is 9.87. The molecule has 11 heteroatoms. The molecule has 1 fully saturated rings. The maximum absolute atomic E-state index is 15.4. The van der Waals surface area contributed by atoms with Crippen molar-refractivity contribution in [3.05, 3.63) is 95.6 Å². The summed E-state index contributed by atoms with van der Waals surface area (Å²) in [6.07, 6.45) is 1.31. The predicted octanol–water partition coefficient (Wildman–Crippen LogP) is 9.02. The van der Waals surface area contributed by atoms with E-state index in [1.165, 1.54) is 18.7 Å². The maximum atomic E-state index is 15.4. The minimum absolute atomic E-state index is 0.0386. The molecule has 6 nitrogen and oxygen atoms in total. The summed E-state index contributed by atoms with van der Waals surface area (Å²) in [6.45, 7) is 8.14. The molecule has 3 aromatic heterocycles. The summed E-state index contributed by atoms with van der Waals surface area (Å²) in [4.78, 5) is 15.5. The Morgan fingerprint density at radius 3 is 2.38 bits per heavy atom. The number of ether oxygens (including phenoxy) is 1. The number of nitrogens with zero attached hydrogens (tertiary/aromatic N) is 4. The third kappa shape index (κ3) is 6.88. The smallest absolute Gasteiger partial charge is 0.266 e. The topological polar surface area (TPSA) is 63.2 Å². The molecule has 0 saturated carbocycles. The van der Waals surface area contributed by atoms with Gasteiger partial charge in [0.25, 0.3) is 6.43 Å². The summed E-state index contributed by atoms with van der Waals surface area (Å²) in [5.41, 5.74) is 2.07. The average Bonchev–Trinajstić information content (AvgIpc) is 3.03. The molecule has 1 saturated heterocycles. The molecule has 0 radical (unpaired) electrons. The summed E-state index contributed by atoms with van der Waals surface area (Å²) < 4.78 is 76.6. The van der Waals surface area contributed by atoms with Crippen LogP contribution in [-0.4, -0.2) is 41.3 Å². The van der Waals surface area contributed by atoms with Gasteiger partial charge in [-0.1, -0.05) is 32.4 Å². The van der Waals surface area contributed by atoms with Crippen LogP contribution in [-0.2, 0) is 4.74 Å².